The van der Waals surface area contributed by atoms with Gasteiger partial charge >= 0.3 is 18.3 Å². The molecule has 2 aliphatic carbocycles. The molecule has 0 saturated heterocycles. The number of ether oxygens (including phenoxy) is 2. The SMILES string of the molecule is CC(C)(C)OC(=O)NC(C)(C)c1cc(NC(=O)N[C@@]23C[C@H]2[C@H]3c2cc(Oc3ccnc4c3CCC(=O)N4)ccc2O)cc(C(F)(F)F)c1. The highest BCUT2D eigenvalue weighted by atomic mass is 19.4. The maximum atomic E-state index is 13.9. The molecule has 0 spiro atoms. The quantitative estimate of drug-likeness (QED) is 0.184. The van der Waals surface area contributed by atoms with Gasteiger partial charge in [-0.25, -0.2) is 14.6 Å². The molecule has 4 amide bonds. The second-order valence-corrected chi connectivity index (χ2v) is 14.0. The van der Waals surface area contributed by atoms with Gasteiger partial charge in [-0.3, -0.25) is 4.79 Å². The number of pyridine rings is 1. The largest absolute Gasteiger partial charge is 0.508 e. The van der Waals surface area contributed by atoms with E-state index in [1.165, 1.54) is 32.2 Å². The van der Waals surface area contributed by atoms with Crippen LogP contribution < -0.4 is 26.0 Å². The molecule has 2 heterocycles. The van der Waals surface area contributed by atoms with Crippen LogP contribution in [0.2, 0.25) is 0 Å². The molecule has 1 aliphatic heterocycles. The Morgan fingerprint density at radius 3 is 2.44 bits per heavy atom. The van der Waals surface area contributed by atoms with Crippen LogP contribution in [0.1, 0.15) is 75.6 Å². The van der Waals surface area contributed by atoms with Crippen molar-refractivity contribution in [2.45, 2.75) is 82.7 Å². The number of halogens is 3. The molecule has 3 atom stereocenters. The summed E-state index contributed by atoms with van der Waals surface area (Å²) in [5.74, 6) is 1.10. The molecular weight excluding hydrogens is 631 g/mol. The van der Waals surface area contributed by atoms with E-state index in [1.54, 1.807) is 39.0 Å². The van der Waals surface area contributed by atoms with E-state index >= 15 is 0 Å². The van der Waals surface area contributed by atoms with Crippen LogP contribution >= 0.6 is 0 Å². The molecule has 3 aliphatic rings. The van der Waals surface area contributed by atoms with E-state index in [4.69, 9.17) is 9.47 Å². The van der Waals surface area contributed by atoms with Gasteiger partial charge in [-0.05, 0) is 101 Å². The first-order valence-electron chi connectivity index (χ1n) is 15.5. The third-order valence-electron chi connectivity index (χ3n) is 8.74. The predicted molar refractivity (Wildman–Crippen MR) is 169 cm³/mol. The number of benzene rings is 2. The second-order valence-electron chi connectivity index (χ2n) is 14.0. The molecule has 1 aromatic heterocycles. The monoisotopic (exact) mass is 667 g/mol. The molecule has 2 fully saturated rings. The third-order valence-corrected chi connectivity index (χ3v) is 8.74. The van der Waals surface area contributed by atoms with Gasteiger partial charge in [0.2, 0.25) is 5.91 Å². The fourth-order valence-electron chi connectivity index (χ4n) is 6.18. The number of phenols is 1. The van der Waals surface area contributed by atoms with Crippen LogP contribution in [0.5, 0.6) is 17.2 Å². The Bertz CT molecular complexity index is 1820. The topological polar surface area (TPSA) is 151 Å². The standard InChI is InChI=1S/C34H36F3N5O6/c1-31(2,3)48-30(46)42-32(4,5)17-12-18(34(35,36)37)14-19(13-17)39-29(45)41-33-16-23(33)27(33)22-15-20(6-8-24(22)43)47-25-10-11-38-28-21(25)7-9-26(44)40-28/h6,8,10-15,23,27,43H,7,9,16H2,1-5H3,(H,42,46)(H,38,40,44)(H2,39,41,45)/t23-,27+,33-/m0/s1. The minimum Gasteiger partial charge on any atom is -0.508 e. The molecule has 0 bridgehead atoms. The Morgan fingerprint density at radius 2 is 1.75 bits per heavy atom. The number of hydrogen-bond donors (Lipinski definition) is 5. The van der Waals surface area contributed by atoms with Crippen LogP contribution in [0.15, 0.2) is 48.7 Å². The molecule has 0 radical (unpaired) electrons. The first-order chi connectivity index (χ1) is 22.3. The summed E-state index contributed by atoms with van der Waals surface area (Å²) in [5, 5.41) is 21.5. The van der Waals surface area contributed by atoms with Gasteiger partial charge < -0.3 is 35.8 Å². The van der Waals surface area contributed by atoms with Gasteiger partial charge in [-0.15, -0.1) is 0 Å². The number of carbonyl (C=O) groups excluding carboxylic acids is 3. The van der Waals surface area contributed by atoms with Crippen molar-refractivity contribution in [3.8, 4) is 17.2 Å². The van der Waals surface area contributed by atoms with Gasteiger partial charge in [-0.2, -0.15) is 13.2 Å². The Kier molecular flexibility index (Phi) is 7.75. The lowest BCUT2D eigenvalue weighted by Crippen LogP contribution is -2.44. The van der Waals surface area contributed by atoms with Crippen LogP contribution in [0.25, 0.3) is 0 Å². The van der Waals surface area contributed by atoms with Gasteiger partial charge in [0.1, 0.15) is 28.7 Å². The molecule has 2 aromatic carbocycles. The van der Waals surface area contributed by atoms with Crippen molar-refractivity contribution in [3.63, 3.8) is 0 Å². The Morgan fingerprint density at radius 1 is 1.02 bits per heavy atom. The molecular formula is C34H36F3N5O6. The van der Waals surface area contributed by atoms with E-state index in [0.29, 0.717) is 42.1 Å². The number of alkyl halides is 3. The highest BCUT2D eigenvalue weighted by Crippen LogP contribution is 2.77. The highest BCUT2D eigenvalue weighted by molar-refractivity contribution is 5.93. The van der Waals surface area contributed by atoms with Crippen molar-refractivity contribution in [3.05, 3.63) is 70.9 Å². The molecule has 2 saturated carbocycles. The number of hydrogen-bond acceptors (Lipinski definition) is 7. The van der Waals surface area contributed by atoms with E-state index < -0.39 is 40.5 Å². The van der Waals surface area contributed by atoms with E-state index in [-0.39, 0.29) is 34.7 Å². The van der Waals surface area contributed by atoms with E-state index in [9.17, 15) is 32.7 Å². The number of aromatic hydroxyl groups is 1. The van der Waals surface area contributed by atoms with Gasteiger partial charge in [0.15, 0.2) is 0 Å². The summed E-state index contributed by atoms with van der Waals surface area (Å²) in [7, 11) is 0. The number of nitrogens with zero attached hydrogens (tertiary/aromatic N) is 1. The lowest BCUT2D eigenvalue weighted by Gasteiger charge is -2.30. The van der Waals surface area contributed by atoms with Crippen LogP contribution in [0.4, 0.5) is 34.3 Å². The number of fused-ring (bicyclic) bond motifs is 2. The number of urea groups is 1. The first kappa shape index (κ1) is 32.9. The molecule has 254 valence electrons. The third kappa shape index (κ3) is 6.69. The molecule has 3 aromatic rings. The van der Waals surface area contributed by atoms with E-state index in [1.807, 2.05) is 0 Å². The zero-order valence-corrected chi connectivity index (χ0v) is 27.0. The van der Waals surface area contributed by atoms with Crippen molar-refractivity contribution in [2.24, 2.45) is 5.92 Å². The number of nitrogens with one attached hydrogen (secondary N) is 4. The summed E-state index contributed by atoms with van der Waals surface area (Å²) >= 11 is 0. The van der Waals surface area contributed by atoms with E-state index in [0.717, 1.165) is 17.7 Å². The predicted octanol–water partition coefficient (Wildman–Crippen LogP) is 6.92. The fourth-order valence-corrected chi connectivity index (χ4v) is 6.18. The molecule has 11 nitrogen and oxygen atoms in total. The van der Waals surface area contributed by atoms with Crippen molar-refractivity contribution >= 4 is 29.5 Å². The summed E-state index contributed by atoms with van der Waals surface area (Å²) in [5.41, 5.74) is -2.45. The van der Waals surface area contributed by atoms with Crippen molar-refractivity contribution in [2.75, 3.05) is 10.6 Å². The van der Waals surface area contributed by atoms with Crippen LogP contribution in [-0.4, -0.2) is 39.3 Å². The fraction of sp³-hybridized carbons (Fsp3) is 0.412. The van der Waals surface area contributed by atoms with Crippen molar-refractivity contribution in [1.82, 2.24) is 15.6 Å². The van der Waals surface area contributed by atoms with Crippen molar-refractivity contribution in [1.29, 1.82) is 0 Å². The number of rotatable bonds is 7. The molecule has 48 heavy (non-hydrogen) atoms. The summed E-state index contributed by atoms with van der Waals surface area (Å²) < 4.78 is 53.1. The zero-order valence-electron chi connectivity index (χ0n) is 27.0. The number of alkyl carbamates (subject to hydrolysis) is 1. The lowest BCUT2D eigenvalue weighted by molar-refractivity contribution is -0.137. The zero-order chi connectivity index (χ0) is 34.8. The van der Waals surface area contributed by atoms with Crippen LogP contribution in [0.3, 0.4) is 0 Å². The summed E-state index contributed by atoms with van der Waals surface area (Å²) in [6, 6.07) is 8.91. The average Bonchev–Trinajstić information content (AvgIpc) is 3.82. The maximum absolute atomic E-state index is 13.9. The van der Waals surface area contributed by atoms with Gasteiger partial charge in [0.25, 0.3) is 0 Å². The number of amides is 4. The summed E-state index contributed by atoms with van der Waals surface area (Å²) in [6.45, 7) is 8.07. The minimum atomic E-state index is -4.72. The van der Waals surface area contributed by atoms with Crippen LogP contribution in [0, 0.1) is 5.92 Å². The lowest BCUT2D eigenvalue weighted by atomic mass is 9.92. The highest BCUT2D eigenvalue weighted by Gasteiger charge is 2.80. The first-order valence-corrected chi connectivity index (χ1v) is 15.5. The van der Waals surface area contributed by atoms with Gasteiger partial charge in [0.05, 0.1) is 16.6 Å². The molecule has 0 unspecified atom stereocenters. The van der Waals surface area contributed by atoms with Gasteiger partial charge in [0, 0.05) is 35.3 Å². The molecule has 14 heteroatoms. The number of phenolic OH excluding ortho intramolecular Hbond substituents is 1. The normalized spacial score (nSPS) is 21.2. The Hall–Kier alpha value is -5.01. The summed E-state index contributed by atoms with van der Waals surface area (Å²) in [6.07, 6.45) is -2.59. The van der Waals surface area contributed by atoms with Gasteiger partial charge in [-0.1, -0.05) is 0 Å². The smallest absolute Gasteiger partial charge is 0.416 e. The number of aromatic nitrogens is 1. The Balaban J connectivity index is 1.16. The second kappa shape index (κ2) is 11.3. The summed E-state index contributed by atoms with van der Waals surface area (Å²) in [4.78, 5) is 41.6. The number of anilines is 2. The number of carbonyl (C=O) groups is 3. The molecule has 6 rings (SSSR count). The Labute approximate surface area is 274 Å². The van der Waals surface area contributed by atoms with Crippen molar-refractivity contribution < 1.29 is 42.1 Å². The van der Waals surface area contributed by atoms with E-state index in [2.05, 4.69) is 26.3 Å². The minimum absolute atomic E-state index is 0.0207. The average molecular weight is 668 g/mol. The van der Waals surface area contributed by atoms with Crippen LogP contribution in [-0.2, 0) is 27.7 Å². The molecule has 5 N–H and O–H groups in total. The maximum Gasteiger partial charge on any atom is 0.416 e.